The fourth-order valence-electron chi connectivity index (χ4n) is 3.24. The van der Waals surface area contributed by atoms with Gasteiger partial charge in [-0.1, -0.05) is 19.3 Å². The van der Waals surface area contributed by atoms with Gasteiger partial charge in [-0.15, -0.1) is 0 Å². The average Bonchev–Trinajstić information content (AvgIpc) is 2.84. The number of aliphatic hydroxyl groups excluding tert-OH is 1. The van der Waals surface area contributed by atoms with Gasteiger partial charge in [0.2, 0.25) is 0 Å². The summed E-state index contributed by atoms with van der Waals surface area (Å²) in [6, 6.07) is -0.820. The molecule has 136 valence electrons. The van der Waals surface area contributed by atoms with Crippen molar-refractivity contribution in [3.05, 3.63) is 17.5 Å². The first-order chi connectivity index (χ1) is 11.3. The highest BCUT2D eigenvalue weighted by Gasteiger charge is 2.41. The molecule has 1 aromatic heterocycles. The molecule has 1 fully saturated rings. The summed E-state index contributed by atoms with van der Waals surface area (Å²) in [4.78, 5) is 12.4. The van der Waals surface area contributed by atoms with Crippen LogP contribution in [0.2, 0.25) is 0 Å². The quantitative estimate of drug-likeness (QED) is 0.822. The molecule has 0 aliphatic heterocycles. The Morgan fingerprint density at radius 1 is 1.38 bits per heavy atom. The van der Waals surface area contributed by atoms with Crippen molar-refractivity contribution in [2.75, 3.05) is 6.61 Å². The molecule has 0 aromatic carbocycles. The molecule has 1 aliphatic rings. The first kappa shape index (κ1) is 18.8. The number of halogens is 3. The van der Waals surface area contributed by atoms with Crippen LogP contribution in [0.5, 0.6) is 0 Å². The Kier molecular flexibility index (Phi) is 5.90. The van der Waals surface area contributed by atoms with Crippen LogP contribution in [0.3, 0.4) is 0 Å². The van der Waals surface area contributed by atoms with Crippen molar-refractivity contribution >= 4 is 5.91 Å². The van der Waals surface area contributed by atoms with E-state index in [9.17, 15) is 23.1 Å². The highest BCUT2D eigenvalue weighted by atomic mass is 19.4. The minimum Gasteiger partial charge on any atom is -0.396 e. The molecule has 0 spiro atoms. The first-order valence-electron chi connectivity index (χ1n) is 8.32. The van der Waals surface area contributed by atoms with Crippen molar-refractivity contribution in [1.29, 1.82) is 0 Å². The van der Waals surface area contributed by atoms with Crippen molar-refractivity contribution in [3.8, 4) is 0 Å². The molecule has 5 nitrogen and oxygen atoms in total. The molecule has 2 N–H and O–H groups in total. The van der Waals surface area contributed by atoms with Gasteiger partial charge in [-0.05, 0) is 26.7 Å². The minimum atomic E-state index is -4.66. The highest BCUT2D eigenvalue weighted by molar-refractivity contribution is 5.95. The second-order valence-electron chi connectivity index (χ2n) is 6.60. The van der Waals surface area contributed by atoms with Gasteiger partial charge in [0.15, 0.2) is 5.69 Å². The van der Waals surface area contributed by atoms with Crippen LogP contribution in [0, 0.1) is 5.92 Å². The molecule has 2 rings (SSSR count). The zero-order chi connectivity index (χ0) is 17.9. The maximum absolute atomic E-state index is 13.4. The Labute approximate surface area is 139 Å². The van der Waals surface area contributed by atoms with Gasteiger partial charge in [0, 0.05) is 24.6 Å². The summed E-state index contributed by atoms with van der Waals surface area (Å²) in [5, 5.41) is 15.9. The average molecular weight is 347 g/mol. The summed E-state index contributed by atoms with van der Waals surface area (Å²) in [6.07, 6.45) is 0.586. The monoisotopic (exact) mass is 347 g/mol. The molecule has 1 saturated carbocycles. The standard InChI is InChI=1S/C16H24F3N3O2/c1-10(2)22-14(16(17,18)19)12(8-20-22)15(24)21-13-7-5-3-4-6-11(13)9-23/h8,10-11,13,23H,3-7,9H2,1-2H3,(H,21,24). The van der Waals surface area contributed by atoms with Gasteiger partial charge in [-0.3, -0.25) is 9.48 Å². The second-order valence-corrected chi connectivity index (χ2v) is 6.60. The molecule has 1 aromatic rings. The molecule has 0 radical (unpaired) electrons. The molecule has 1 aliphatic carbocycles. The number of nitrogens with one attached hydrogen (secondary N) is 1. The number of aliphatic hydroxyl groups is 1. The number of hydrogen-bond donors (Lipinski definition) is 2. The molecule has 8 heteroatoms. The molecule has 1 heterocycles. The summed E-state index contributed by atoms with van der Waals surface area (Å²) in [5.41, 5.74) is -1.48. The van der Waals surface area contributed by atoms with Gasteiger partial charge in [0.05, 0.1) is 11.8 Å². The number of rotatable bonds is 4. The number of carbonyl (C=O) groups excluding carboxylic acids is 1. The lowest BCUT2D eigenvalue weighted by molar-refractivity contribution is -0.145. The van der Waals surface area contributed by atoms with E-state index in [2.05, 4.69) is 10.4 Å². The summed E-state index contributed by atoms with van der Waals surface area (Å²) in [7, 11) is 0. The van der Waals surface area contributed by atoms with Crippen LogP contribution in [0.4, 0.5) is 13.2 Å². The van der Waals surface area contributed by atoms with E-state index in [0.29, 0.717) is 6.42 Å². The lowest BCUT2D eigenvalue weighted by atomic mass is 9.95. The van der Waals surface area contributed by atoms with Gasteiger partial charge in [-0.2, -0.15) is 18.3 Å². The SMILES string of the molecule is CC(C)n1ncc(C(=O)NC2CCCCCC2CO)c1C(F)(F)F. The Morgan fingerprint density at radius 2 is 2.04 bits per heavy atom. The third-order valence-corrected chi connectivity index (χ3v) is 4.51. The smallest absolute Gasteiger partial charge is 0.396 e. The Balaban J connectivity index is 2.26. The maximum atomic E-state index is 13.4. The van der Waals surface area contributed by atoms with Gasteiger partial charge in [0.1, 0.15) is 0 Å². The van der Waals surface area contributed by atoms with E-state index in [-0.39, 0.29) is 18.6 Å². The van der Waals surface area contributed by atoms with Crippen LogP contribution in [0.15, 0.2) is 6.20 Å². The van der Waals surface area contributed by atoms with Gasteiger partial charge >= 0.3 is 6.18 Å². The van der Waals surface area contributed by atoms with E-state index < -0.39 is 29.4 Å². The van der Waals surface area contributed by atoms with Crippen LogP contribution in [-0.2, 0) is 6.18 Å². The molecular weight excluding hydrogens is 323 g/mol. The van der Waals surface area contributed by atoms with Crippen molar-refractivity contribution in [3.63, 3.8) is 0 Å². The Hall–Kier alpha value is -1.57. The summed E-state index contributed by atoms with van der Waals surface area (Å²) in [5.74, 6) is -0.898. The maximum Gasteiger partial charge on any atom is 0.433 e. The Morgan fingerprint density at radius 3 is 2.62 bits per heavy atom. The predicted molar refractivity (Wildman–Crippen MR) is 82.5 cm³/mol. The van der Waals surface area contributed by atoms with E-state index in [1.165, 1.54) is 0 Å². The van der Waals surface area contributed by atoms with Crippen LogP contribution in [-0.4, -0.2) is 33.4 Å². The molecular formula is C16H24F3N3O2. The predicted octanol–water partition coefficient (Wildman–Crippen LogP) is 3.15. The van der Waals surface area contributed by atoms with E-state index >= 15 is 0 Å². The number of alkyl halides is 3. The number of carbonyl (C=O) groups is 1. The van der Waals surface area contributed by atoms with E-state index in [4.69, 9.17) is 0 Å². The zero-order valence-electron chi connectivity index (χ0n) is 13.9. The van der Waals surface area contributed by atoms with Crippen molar-refractivity contribution in [2.45, 2.75) is 64.2 Å². The fraction of sp³-hybridized carbons (Fsp3) is 0.750. The number of nitrogens with zero attached hydrogens (tertiary/aromatic N) is 2. The molecule has 24 heavy (non-hydrogen) atoms. The van der Waals surface area contributed by atoms with Crippen LogP contribution in [0.25, 0.3) is 0 Å². The third kappa shape index (κ3) is 4.09. The van der Waals surface area contributed by atoms with Crippen LogP contribution < -0.4 is 5.32 Å². The minimum absolute atomic E-state index is 0.0810. The lowest BCUT2D eigenvalue weighted by Gasteiger charge is -2.24. The molecule has 0 bridgehead atoms. The summed E-state index contributed by atoms with van der Waals surface area (Å²) < 4.78 is 40.9. The van der Waals surface area contributed by atoms with Gasteiger partial charge in [-0.25, -0.2) is 0 Å². The lowest BCUT2D eigenvalue weighted by Crippen LogP contribution is -2.41. The third-order valence-electron chi connectivity index (χ3n) is 4.51. The topological polar surface area (TPSA) is 67.2 Å². The fourth-order valence-corrected chi connectivity index (χ4v) is 3.24. The highest BCUT2D eigenvalue weighted by Crippen LogP contribution is 2.34. The second kappa shape index (κ2) is 7.55. The first-order valence-corrected chi connectivity index (χ1v) is 8.32. The zero-order valence-corrected chi connectivity index (χ0v) is 13.9. The number of hydrogen-bond acceptors (Lipinski definition) is 3. The van der Waals surface area contributed by atoms with Gasteiger partial charge < -0.3 is 10.4 Å². The van der Waals surface area contributed by atoms with E-state index in [1.807, 2.05) is 0 Å². The van der Waals surface area contributed by atoms with Crippen LogP contribution in [0.1, 0.15) is 68.0 Å². The van der Waals surface area contributed by atoms with Crippen LogP contribution >= 0.6 is 0 Å². The summed E-state index contributed by atoms with van der Waals surface area (Å²) in [6.45, 7) is 3.08. The van der Waals surface area contributed by atoms with E-state index in [0.717, 1.165) is 36.6 Å². The molecule has 1 amide bonds. The number of aromatic nitrogens is 2. The van der Waals surface area contributed by atoms with Crippen molar-refractivity contribution in [1.82, 2.24) is 15.1 Å². The largest absolute Gasteiger partial charge is 0.433 e. The van der Waals surface area contributed by atoms with Gasteiger partial charge in [0.25, 0.3) is 5.91 Å². The number of amides is 1. The van der Waals surface area contributed by atoms with E-state index in [1.54, 1.807) is 13.8 Å². The molecule has 2 unspecified atom stereocenters. The summed E-state index contributed by atoms with van der Waals surface area (Å²) >= 11 is 0. The van der Waals surface area contributed by atoms with Crippen molar-refractivity contribution in [2.24, 2.45) is 5.92 Å². The molecule has 0 saturated heterocycles. The molecule has 2 atom stereocenters. The Bertz CT molecular complexity index is 569. The van der Waals surface area contributed by atoms with Crippen molar-refractivity contribution < 1.29 is 23.1 Å². The normalized spacial score (nSPS) is 22.5.